The van der Waals surface area contributed by atoms with Gasteiger partial charge in [-0.3, -0.25) is 4.79 Å². The minimum Gasteiger partial charge on any atom is -0.341 e. The van der Waals surface area contributed by atoms with E-state index in [0.29, 0.717) is 19.4 Å². The van der Waals surface area contributed by atoms with E-state index in [-0.39, 0.29) is 17.3 Å². The molecule has 1 aliphatic heterocycles. The van der Waals surface area contributed by atoms with Gasteiger partial charge in [0.05, 0.1) is 10.1 Å². The van der Waals surface area contributed by atoms with Gasteiger partial charge in [0.2, 0.25) is 5.91 Å². The van der Waals surface area contributed by atoms with Gasteiger partial charge in [-0.15, -0.1) is 0 Å². The van der Waals surface area contributed by atoms with Crippen molar-refractivity contribution in [3.63, 3.8) is 0 Å². The fraction of sp³-hybridized carbons (Fsp3) is 0.462. The summed E-state index contributed by atoms with van der Waals surface area (Å²) in [7, 11) is -3.49. The first-order valence-corrected chi connectivity index (χ1v) is 7.77. The summed E-state index contributed by atoms with van der Waals surface area (Å²) < 4.78 is 37.5. The number of benzene rings is 1. The number of likely N-dealkylation sites (tertiary alicyclic amines) is 1. The Bertz CT molecular complexity index is 568. The normalized spacial score (nSPS) is 19.7. The first-order chi connectivity index (χ1) is 8.95. The van der Waals surface area contributed by atoms with E-state index in [4.69, 9.17) is 0 Å². The highest BCUT2D eigenvalue weighted by Gasteiger charge is 2.35. The van der Waals surface area contributed by atoms with Gasteiger partial charge in [0.1, 0.15) is 5.82 Å². The molecule has 0 aliphatic carbocycles. The van der Waals surface area contributed by atoms with E-state index >= 15 is 0 Å². The van der Waals surface area contributed by atoms with E-state index in [0.717, 1.165) is 12.1 Å². The molecule has 1 amide bonds. The van der Waals surface area contributed by atoms with Gasteiger partial charge in [-0.1, -0.05) is 6.92 Å². The van der Waals surface area contributed by atoms with Gasteiger partial charge in [0.25, 0.3) is 0 Å². The van der Waals surface area contributed by atoms with Crippen LogP contribution in [0.2, 0.25) is 0 Å². The predicted octanol–water partition coefficient (Wildman–Crippen LogP) is 1.61. The molecule has 1 unspecified atom stereocenters. The van der Waals surface area contributed by atoms with Gasteiger partial charge >= 0.3 is 0 Å². The zero-order valence-corrected chi connectivity index (χ0v) is 11.5. The van der Waals surface area contributed by atoms with Gasteiger partial charge in [0, 0.05) is 19.5 Å². The number of halogens is 1. The Morgan fingerprint density at radius 1 is 1.37 bits per heavy atom. The van der Waals surface area contributed by atoms with E-state index in [1.807, 2.05) is 0 Å². The third-order valence-corrected chi connectivity index (χ3v) is 5.57. The molecular formula is C13H16FNO3S. The van der Waals surface area contributed by atoms with Gasteiger partial charge in [-0.2, -0.15) is 0 Å². The number of rotatable bonds is 3. The third-order valence-electron chi connectivity index (χ3n) is 3.38. The largest absolute Gasteiger partial charge is 0.341 e. The molecule has 1 atom stereocenters. The summed E-state index contributed by atoms with van der Waals surface area (Å²) in [6.07, 6.45) is 0.814. The number of carbonyl (C=O) groups excluding carboxylic acids is 1. The smallest absolute Gasteiger partial charge is 0.222 e. The molecule has 0 spiro atoms. The molecule has 1 saturated heterocycles. The van der Waals surface area contributed by atoms with Crippen molar-refractivity contribution in [2.75, 3.05) is 13.1 Å². The van der Waals surface area contributed by atoms with Crippen molar-refractivity contribution >= 4 is 15.7 Å². The maximum absolute atomic E-state index is 12.8. The van der Waals surface area contributed by atoms with Crippen LogP contribution in [0.4, 0.5) is 4.39 Å². The molecule has 4 nitrogen and oxygen atoms in total. The molecule has 1 aromatic rings. The van der Waals surface area contributed by atoms with Crippen LogP contribution in [0.25, 0.3) is 0 Å². The first kappa shape index (κ1) is 14.0. The van der Waals surface area contributed by atoms with Crippen LogP contribution < -0.4 is 0 Å². The third kappa shape index (κ3) is 2.78. The molecule has 1 fully saturated rings. The molecule has 1 aromatic carbocycles. The molecule has 0 saturated carbocycles. The summed E-state index contributed by atoms with van der Waals surface area (Å²) >= 11 is 0. The summed E-state index contributed by atoms with van der Waals surface area (Å²) in [6.45, 7) is 2.45. The average molecular weight is 285 g/mol. The van der Waals surface area contributed by atoms with Gasteiger partial charge in [0.15, 0.2) is 9.84 Å². The Labute approximate surface area is 112 Å². The lowest BCUT2D eigenvalue weighted by atomic mass is 10.3. The zero-order chi connectivity index (χ0) is 14.0. The fourth-order valence-electron chi connectivity index (χ4n) is 2.25. The van der Waals surface area contributed by atoms with Gasteiger partial charge < -0.3 is 4.90 Å². The Hall–Kier alpha value is -1.43. The summed E-state index contributed by atoms with van der Waals surface area (Å²) in [4.78, 5) is 13.2. The Morgan fingerprint density at radius 2 is 2.00 bits per heavy atom. The summed E-state index contributed by atoms with van der Waals surface area (Å²) in [5.74, 6) is -0.495. The monoisotopic (exact) mass is 285 g/mol. The van der Waals surface area contributed by atoms with Crippen LogP contribution in [0.3, 0.4) is 0 Å². The van der Waals surface area contributed by atoms with E-state index in [2.05, 4.69) is 0 Å². The van der Waals surface area contributed by atoms with Gasteiger partial charge in [-0.25, -0.2) is 12.8 Å². The van der Waals surface area contributed by atoms with Crippen molar-refractivity contribution in [2.24, 2.45) is 0 Å². The van der Waals surface area contributed by atoms with Crippen LogP contribution in [0.5, 0.6) is 0 Å². The Balaban J connectivity index is 2.18. The van der Waals surface area contributed by atoms with Crippen molar-refractivity contribution in [1.82, 2.24) is 4.90 Å². The summed E-state index contributed by atoms with van der Waals surface area (Å²) in [5.41, 5.74) is 0. The van der Waals surface area contributed by atoms with Gasteiger partial charge in [-0.05, 0) is 30.7 Å². The zero-order valence-electron chi connectivity index (χ0n) is 10.7. The second-order valence-corrected chi connectivity index (χ2v) is 6.83. The van der Waals surface area contributed by atoms with Crippen molar-refractivity contribution in [3.05, 3.63) is 30.1 Å². The number of amides is 1. The molecule has 1 aliphatic rings. The lowest BCUT2D eigenvalue weighted by molar-refractivity contribution is -0.129. The number of carbonyl (C=O) groups is 1. The van der Waals surface area contributed by atoms with Crippen LogP contribution in [0, 0.1) is 5.82 Å². The fourth-order valence-corrected chi connectivity index (χ4v) is 3.94. The lowest BCUT2D eigenvalue weighted by Crippen LogP contribution is -2.31. The highest BCUT2D eigenvalue weighted by atomic mass is 32.2. The number of hydrogen-bond acceptors (Lipinski definition) is 3. The van der Waals surface area contributed by atoms with Crippen LogP contribution in [-0.2, 0) is 14.6 Å². The van der Waals surface area contributed by atoms with E-state index in [9.17, 15) is 17.6 Å². The molecule has 1 heterocycles. The molecular weight excluding hydrogens is 269 g/mol. The molecule has 0 bridgehead atoms. The molecule has 19 heavy (non-hydrogen) atoms. The molecule has 6 heteroatoms. The van der Waals surface area contributed by atoms with Crippen molar-refractivity contribution in [1.29, 1.82) is 0 Å². The molecule has 2 rings (SSSR count). The second-order valence-electron chi connectivity index (χ2n) is 4.60. The van der Waals surface area contributed by atoms with E-state index in [1.54, 1.807) is 11.8 Å². The average Bonchev–Trinajstić information content (AvgIpc) is 2.88. The number of sulfone groups is 1. The predicted molar refractivity (Wildman–Crippen MR) is 68.9 cm³/mol. The van der Waals surface area contributed by atoms with Crippen molar-refractivity contribution < 1.29 is 17.6 Å². The quantitative estimate of drug-likeness (QED) is 0.793. The van der Waals surface area contributed by atoms with Crippen LogP contribution in [0.1, 0.15) is 19.8 Å². The van der Waals surface area contributed by atoms with E-state index in [1.165, 1.54) is 12.1 Å². The van der Waals surface area contributed by atoms with Crippen molar-refractivity contribution in [2.45, 2.75) is 29.9 Å². The Morgan fingerprint density at radius 3 is 2.58 bits per heavy atom. The van der Waals surface area contributed by atoms with Crippen LogP contribution in [-0.4, -0.2) is 37.6 Å². The number of nitrogens with zero attached hydrogens (tertiary/aromatic N) is 1. The van der Waals surface area contributed by atoms with Crippen molar-refractivity contribution in [3.8, 4) is 0 Å². The van der Waals surface area contributed by atoms with Crippen LogP contribution >= 0.6 is 0 Å². The minimum atomic E-state index is -3.49. The maximum Gasteiger partial charge on any atom is 0.222 e. The Kier molecular flexibility index (Phi) is 3.89. The highest BCUT2D eigenvalue weighted by Crippen LogP contribution is 2.24. The van der Waals surface area contributed by atoms with E-state index < -0.39 is 20.9 Å². The molecule has 0 N–H and O–H groups in total. The minimum absolute atomic E-state index is 0.0307. The molecule has 104 valence electrons. The summed E-state index contributed by atoms with van der Waals surface area (Å²) in [6, 6.07) is 4.82. The number of hydrogen-bond donors (Lipinski definition) is 0. The SMILES string of the molecule is CCC(=O)N1CCC(S(=O)(=O)c2ccc(F)cc2)C1. The topological polar surface area (TPSA) is 54.5 Å². The summed E-state index contributed by atoms with van der Waals surface area (Å²) in [5, 5.41) is -0.589. The van der Waals surface area contributed by atoms with Crippen LogP contribution in [0.15, 0.2) is 29.2 Å². The maximum atomic E-state index is 12.8. The molecule has 0 radical (unpaired) electrons. The second kappa shape index (κ2) is 5.28. The lowest BCUT2D eigenvalue weighted by Gasteiger charge is -2.15. The standard InChI is InChI=1S/C13H16FNO3S/c1-2-13(16)15-8-7-12(9-15)19(17,18)11-5-3-10(14)4-6-11/h3-6,12H,2,7-9H2,1H3. The first-order valence-electron chi connectivity index (χ1n) is 6.22. The molecule has 0 aromatic heterocycles. The highest BCUT2D eigenvalue weighted by molar-refractivity contribution is 7.92.